The molecule has 1 amide bonds. The number of hydrogen-bond donors (Lipinski definition) is 1. The van der Waals surface area contributed by atoms with Crippen molar-refractivity contribution in [3.8, 4) is 0 Å². The molecule has 0 bridgehead atoms. The Balaban J connectivity index is 1.55. The Bertz CT molecular complexity index is 1420. The van der Waals surface area contributed by atoms with E-state index < -0.39 is 0 Å². The number of benzene rings is 2. The molecular weight excluding hydrogens is 430 g/mol. The maximum atomic E-state index is 13.0. The lowest BCUT2D eigenvalue weighted by atomic mass is 10.2. The third-order valence-electron chi connectivity index (χ3n) is 5.51. The summed E-state index contributed by atoms with van der Waals surface area (Å²) in [6.45, 7) is 2.94. The standard InChI is InChI=1S/C23H24ClN5O3/c1-3-11-28(14-20-25-17-13-15(24)8-9-16(17)22(31)26-20)21(30)10-12-29-19-7-5-4-6-18(19)27(2)23(29)32/h4-9,13H,3,10-12,14H2,1-2H3,(H,25,26,31). The van der Waals surface area contributed by atoms with Crippen molar-refractivity contribution in [3.05, 3.63) is 74.1 Å². The fraction of sp³-hybridized carbons (Fsp3) is 0.304. The molecule has 2 heterocycles. The van der Waals surface area contributed by atoms with E-state index in [1.807, 2.05) is 31.2 Å². The van der Waals surface area contributed by atoms with Crippen molar-refractivity contribution in [2.24, 2.45) is 7.05 Å². The second kappa shape index (κ2) is 9.00. The Morgan fingerprint density at radius 3 is 2.66 bits per heavy atom. The summed E-state index contributed by atoms with van der Waals surface area (Å²) in [6.07, 6.45) is 0.918. The number of carbonyl (C=O) groups excluding carboxylic acids is 1. The summed E-state index contributed by atoms with van der Waals surface area (Å²) in [5, 5.41) is 0.936. The molecule has 0 saturated heterocycles. The normalized spacial score (nSPS) is 11.3. The average molecular weight is 454 g/mol. The van der Waals surface area contributed by atoms with Crippen LogP contribution in [0.1, 0.15) is 25.6 Å². The largest absolute Gasteiger partial charge is 0.335 e. The van der Waals surface area contributed by atoms with Crippen LogP contribution in [-0.2, 0) is 24.9 Å². The van der Waals surface area contributed by atoms with E-state index in [0.717, 1.165) is 17.5 Å². The number of para-hydroxylation sites is 2. The Hall–Kier alpha value is -3.39. The molecule has 0 radical (unpaired) electrons. The number of amides is 1. The molecule has 4 aromatic rings. The Labute approximate surface area is 189 Å². The Kier molecular flexibility index (Phi) is 6.14. The van der Waals surface area contributed by atoms with Gasteiger partial charge in [0.25, 0.3) is 5.56 Å². The van der Waals surface area contributed by atoms with E-state index in [-0.39, 0.29) is 36.7 Å². The number of rotatable bonds is 7. The predicted octanol–water partition coefficient (Wildman–Crippen LogP) is 3.06. The molecule has 32 heavy (non-hydrogen) atoms. The number of imidazole rings is 1. The summed E-state index contributed by atoms with van der Waals surface area (Å²) in [5.74, 6) is 0.286. The molecule has 0 spiro atoms. The molecule has 9 heteroatoms. The van der Waals surface area contributed by atoms with E-state index in [2.05, 4.69) is 9.97 Å². The lowest BCUT2D eigenvalue weighted by Gasteiger charge is -2.22. The van der Waals surface area contributed by atoms with Gasteiger partial charge in [-0.15, -0.1) is 0 Å². The summed E-state index contributed by atoms with van der Waals surface area (Å²) in [4.78, 5) is 47.0. The van der Waals surface area contributed by atoms with Crippen molar-refractivity contribution in [3.63, 3.8) is 0 Å². The molecule has 0 saturated carbocycles. The van der Waals surface area contributed by atoms with Gasteiger partial charge < -0.3 is 9.88 Å². The molecule has 8 nitrogen and oxygen atoms in total. The van der Waals surface area contributed by atoms with Crippen LogP contribution in [-0.4, -0.2) is 36.5 Å². The highest BCUT2D eigenvalue weighted by Crippen LogP contribution is 2.16. The van der Waals surface area contributed by atoms with Crippen LogP contribution in [0.25, 0.3) is 21.9 Å². The van der Waals surface area contributed by atoms with Crippen LogP contribution in [0.3, 0.4) is 0 Å². The van der Waals surface area contributed by atoms with E-state index in [4.69, 9.17) is 11.6 Å². The van der Waals surface area contributed by atoms with E-state index in [1.165, 1.54) is 0 Å². The molecule has 0 atom stereocenters. The van der Waals surface area contributed by atoms with E-state index in [1.54, 1.807) is 39.3 Å². The summed E-state index contributed by atoms with van der Waals surface area (Å²) in [6, 6.07) is 12.4. The average Bonchev–Trinajstić information content (AvgIpc) is 3.01. The minimum absolute atomic E-state index is 0.111. The zero-order valence-electron chi connectivity index (χ0n) is 18.0. The number of aromatic nitrogens is 4. The molecule has 0 fully saturated rings. The van der Waals surface area contributed by atoms with Gasteiger partial charge in [-0.3, -0.25) is 18.7 Å². The molecule has 0 unspecified atom stereocenters. The number of nitrogens with zero attached hydrogens (tertiary/aromatic N) is 4. The minimum atomic E-state index is -0.270. The molecular formula is C23H24ClN5O3. The van der Waals surface area contributed by atoms with Crippen LogP contribution < -0.4 is 11.2 Å². The van der Waals surface area contributed by atoms with Gasteiger partial charge in [0.1, 0.15) is 5.82 Å². The summed E-state index contributed by atoms with van der Waals surface area (Å²) in [5.41, 5.74) is 1.69. The number of carbonyl (C=O) groups is 1. The van der Waals surface area contributed by atoms with Gasteiger partial charge in [-0.1, -0.05) is 30.7 Å². The first-order valence-electron chi connectivity index (χ1n) is 10.5. The fourth-order valence-corrected chi connectivity index (χ4v) is 4.09. The highest BCUT2D eigenvalue weighted by molar-refractivity contribution is 6.31. The molecule has 0 aliphatic carbocycles. The van der Waals surface area contributed by atoms with E-state index in [0.29, 0.717) is 28.3 Å². The van der Waals surface area contributed by atoms with Crippen LogP contribution in [0, 0.1) is 0 Å². The van der Waals surface area contributed by atoms with Gasteiger partial charge in [0.05, 0.1) is 28.5 Å². The first-order valence-corrected chi connectivity index (χ1v) is 10.9. The first-order chi connectivity index (χ1) is 15.4. The maximum Gasteiger partial charge on any atom is 0.328 e. The topological polar surface area (TPSA) is 93.0 Å². The van der Waals surface area contributed by atoms with Gasteiger partial charge in [-0.05, 0) is 36.8 Å². The molecule has 2 aromatic heterocycles. The molecule has 166 valence electrons. The van der Waals surface area contributed by atoms with Crippen molar-refractivity contribution in [2.75, 3.05) is 6.54 Å². The first kappa shape index (κ1) is 21.8. The number of H-pyrrole nitrogens is 1. The van der Waals surface area contributed by atoms with Crippen LogP contribution >= 0.6 is 11.6 Å². The minimum Gasteiger partial charge on any atom is -0.335 e. The van der Waals surface area contributed by atoms with Crippen LogP contribution in [0.15, 0.2) is 52.1 Å². The third-order valence-corrected chi connectivity index (χ3v) is 5.74. The molecule has 4 rings (SSSR count). The zero-order valence-corrected chi connectivity index (χ0v) is 18.7. The quantitative estimate of drug-likeness (QED) is 0.465. The van der Waals surface area contributed by atoms with Gasteiger partial charge in [-0.2, -0.15) is 0 Å². The molecule has 1 N–H and O–H groups in total. The smallest absolute Gasteiger partial charge is 0.328 e. The van der Waals surface area contributed by atoms with E-state index in [9.17, 15) is 14.4 Å². The van der Waals surface area contributed by atoms with Gasteiger partial charge >= 0.3 is 5.69 Å². The highest BCUT2D eigenvalue weighted by Gasteiger charge is 2.17. The van der Waals surface area contributed by atoms with Gasteiger partial charge in [0, 0.05) is 31.6 Å². The van der Waals surface area contributed by atoms with Crippen LogP contribution in [0.4, 0.5) is 0 Å². The Morgan fingerprint density at radius 2 is 1.91 bits per heavy atom. The lowest BCUT2D eigenvalue weighted by Crippen LogP contribution is -2.34. The van der Waals surface area contributed by atoms with Crippen molar-refractivity contribution < 1.29 is 4.79 Å². The fourth-order valence-electron chi connectivity index (χ4n) is 3.92. The number of fused-ring (bicyclic) bond motifs is 2. The lowest BCUT2D eigenvalue weighted by molar-refractivity contribution is -0.132. The van der Waals surface area contributed by atoms with Crippen molar-refractivity contribution >= 4 is 39.4 Å². The SMILES string of the molecule is CCCN(Cc1nc2cc(Cl)ccc2c(=O)[nH]1)C(=O)CCn1c(=O)n(C)c2ccccc21. The molecule has 0 aliphatic rings. The maximum absolute atomic E-state index is 13.0. The predicted molar refractivity (Wildman–Crippen MR) is 125 cm³/mol. The van der Waals surface area contributed by atoms with Gasteiger partial charge in [-0.25, -0.2) is 9.78 Å². The van der Waals surface area contributed by atoms with Gasteiger partial charge in [0.2, 0.25) is 5.91 Å². The number of nitrogens with one attached hydrogen (secondary N) is 1. The van der Waals surface area contributed by atoms with Crippen LogP contribution in [0.2, 0.25) is 5.02 Å². The zero-order chi connectivity index (χ0) is 22.8. The van der Waals surface area contributed by atoms with Crippen LogP contribution in [0.5, 0.6) is 0 Å². The summed E-state index contributed by atoms with van der Waals surface area (Å²) >= 11 is 6.04. The van der Waals surface area contributed by atoms with Gasteiger partial charge in [0.15, 0.2) is 0 Å². The van der Waals surface area contributed by atoms with Crippen molar-refractivity contribution in [1.29, 1.82) is 0 Å². The monoisotopic (exact) mass is 453 g/mol. The molecule has 0 aliphatic heterocycles. The summed E-state index contributed by atoms with van der Waals surface area (Å²) in [7, 11) is 1.72. The van der Waals surface area contributed by atoms with E-state index >= 15 is 0 Å². The van der Waals surface area contributed by atoms with Crippen molar-refractivity contribution in [2.45, 2.75) is 32.9 Å². The second-order valence-electron chi connectivity index (χ2n) is 7.72. The van der Waals surface area contributed by atoms with Crippen molar-refractivity contribution in [1.82, 2.24) is 24.0 Å². The molecule has 2 aromatic carbocycles. The number of hydrogen-bond acceptors (Lipinski definition) is 4. The highest BCUT2D eigenvalue weighted by atomic mass is 35.5. The Morgan fingerprint density at radius 1 is 1.16 bits per heavy atom. The third kappa shape index (κ3) is 4.18. The second-order valence-corrected chi connectivity index (χ2v) is 8.16. The summed E-state index contributed by atoms with van der Waals surface area (Å²) < 4.78 is 3.20. The number of aryl methyl sites for hydroxylation is 2. The number of aromatic amines is 1. The number of halogens is 1.